The number of Topliss-reactive ketones (excluding diaryl/α,β-unsaturated/α-hetero) is 1. The molecule has 90 valence electrons. The molecule has 1 heteroatoms. The molecule has 0 saturated heterocycles. The maximum Gasteiger partial charge on any atom is 0.158 e. The normalized spacial score (nSPS) is 28.9. The van der Waals surface area contributed by atoms with Gasteiger partial charge in [0.2, 0.25) is 0 Å². The molecule has 0 aromatic carbocycles. The fourth-order valence-electron chi connectivity index (χ4n) is 2.12. The van der Waals surface area contributed by atoms with Crippen molar-refractivity contribution >= 4 is 5.78 Å². The number of ketones is 1. The van der Waals surface area contributed by atoms with Gasteiger partial charge in [-0.05, 0) is 51.2 Å². The predicted octanol–water partition coefficient (Wildman–Crippen LogP) is 4.58. The van der Waals surface area contributed by atoms with Gasteiger partial charge in [0, 0.05) is 6.42 Å². The van der Waals surface area contributed by atoms with Crippen molar-refractivity contribution in [2.24, 2.45) is 0 Å². The highest BCUT2D eigenvalue weighted by Crippen LogP contribution is 2.19. The molecular weight excluding hydrogens is 196 g/mol. The van der Waals surface area contributed by atoms with E-state index in [2.05, 4.69) is 19.9 Å². The Morgan fingerprint density at radius 1 is 0.875 bits per heavy atom. The number of rotatable bonds is 0. The summed E-state index contributed by atoms with van der Waals surface area (Å²) in [6.45, 7) is 6.17. The summed E-state index contributed by atoms with van der Waals surface area (Å²) in [6.07, 6.45) is 10.3. The Kier molecular flexibility index (Phi) is 5.51. The first-order valence-electron chi connectivity index (χ1n) is 6.50. The molecule has 0 saturated carbocycles. The molecule has 0 N–H and O–H groups in total. The highest BCUT2D eigenvalue weighted by atomic mass is 16.1. The van der Waals surface area contributed by atoms with E-state index in [9.17, 15) is 4.79 Å². The molecule has 0 radical (unpaired) electrons. The van der Waals surface area contributed by atoms with Gasteiger partial charge in [-0.2, -0.15) is 0 Å². The quantitative estimate of drug-likeness (QED) is 0.584. The van der Waals surface area contributed by atoms with E-state index in [1.807, 2.05) is 6.92 Å². The van der Waals surface area contributed by atoms with Gasteiger partial charge >= 0.3 is 0 Å². The second-order valence-corrected chi connectivity index (χ2v) is 4.87. The molecule has 0 aliphatic heterocycles. The van der Waals surface area contributed by atoms with Crippen molar-refractivity contribution in [1.29, 1.82) is 0 Å². The van der Waals surface area contributed by atoms with E-state index in [1.54, 1.807) is 0 Å². The Balaban J connectivity index is 2.83. The van der Waals surface area contributed by atoms with Crippen LogP contribution in [-0.4, -0.2) is 5.78 Å². The highest BCUT2D eigenvalue weighted by Gasteiger charge is 2.09. The molecule has 0 atom stereocenters. The summed E-state index contributed by atoms with van der Waals surface area (Å²) in [5.41, 5.74) is 3.44. The lowest BCUT2D eigenvalue weighted by atomic mass is 9.95. The molecule has 1 rings (SSSR count). The van der Waals surface area contributed by atoms with E-state index in [-0.39, 0.29) is 0 Å². The van der Waals surface area contributed by atoms with E-state index < -0.39 is 0 Å². The van der Waals surface area contributed by atoms with Gasteiger partial charge in [0.25, 0.3) is 0 Å². The molecule has 0 amide bonds. The maximum absolute atomic E-state index is 11.9. The van der Waals surface area contributed by atoms with E-state index in [0.717, 1.165) is 24.8 Å². The number of allylic oxidation sites excluding steroid dienone is 4. The van der Waals surface area contributed by atoms with Gasteiger partial charge in [-0.15, -0.1) is 0 Å². The van der Waals surface area contributed by atoms with Gasteiger partial charge in [-0.3, -0.25) is 4.79 Å². The van der Waals surface area contributed by atoms with Crippen LogP contribution in [0.5, 0.6) is 0 Å². The minimum Gasteiger partial charge on any atom is -0.295 e. The van der Waals surface area contributed by atoms with Gasteiger partial charge in [-0.1, -0.05) is 30.9 Å². The zero-order chi connectivity index (χ0) is 12.0. The lowest BCUT2D eigenvalue weighted by molar-refractivity contribution is -0.115. The largest absolute Gasteiger partial charge is 0.295 e. The molecular formula is C15H24O. The van der Waals surface area contributed by atoms with Gasteiger partial charge < -0.3 is 0 Å². The van der Waals surface area contributed by atoms with Crippen molar-refractivity contribution in [3.8, 4) is 0 Å². The third kappa shape index (κ3) is 3.96. The van der Waals surface area contributed by atoms with E-state index in [4.69, 9.17) is 0 Å². The Hall–Kier alpha value is -0.850. The average molecular weight is 220 g/mol. The smallest absolute Gasteiger partial charge is 0.158 e. The molecule has 0 spiro atoms. The number of hydrogen-bond donors (Lipinski definition) is 0. The molecule has 0 fully saturated rings. The van der Waals surface area contributed by atoms with Crippen LogP contribution in [0.15, 0.2) is 22.8 Å². The van der Waals surface area contributed by atoms with Gasteiger partial charge in [0.15, 0.2) is 5.78 Å². The van der Waals surface area contributed by atoms with E-state index >= 15 is 0 Å². The molecule has 16 heavy (non-hydrogen) atoms. The maximum atomic E-state index is 11.9. The first-order valence-corrected chi connectivity index (χ1v) is 6.50. The Morgan fingerprint density at radius 3 is 2.25 bits per heavy atom. The summed E-state index contributed by atoms with van der Waals surface area (Å²) in [5.74, 6) is 0.339. The number of carbonyl (C=O) groups excluding carboxylic acids is 1. The SMILES string of the molecule is CC1=C/CCCCCCCC(=O)\C(C)=C\1C. The van der Waals surface area contributed by atoms with Crippen LogP contribution in [0.25, 0.3) is 0 Å². The van der Waals surface area contributed by atoms with Crippen molar-refractivity contribution in [2.45, 2.75) is 65.7 Å². The van der Waals surface area contributed by atoms with Crippen molar-refractivity contribution < 1.29 is 4.79 Å². The third-order valence-electron chi connectivity index (χ3n) is 3.63. The molecule has 1 nitrogen and oxygen atoms in total. The van der Waals surface area contributed by atoms with Crippen LogP contribution >= 0.6 is 0 Å². The van der Waals surface area contributed by atoms with Crippen LogP contribution in [0, 0.1) is 0 Å². The second kappa shape index (κ2) is 6.67. The van der Waals surface area contributed by atoms with Crippen LogP contribution in [0.4, 0.5) is 0 Å². The Labute approximate surface area is 99.6 Å². The molecule has 0 aromatic rings. The van der Waals surface area contributed by atoms with Crippen LogP contribution < -0.4 is 0 Å². The minimum absolute atomic E-state index is 0.339. The topological polar surface area (TPSA) is 17.1 Å². The third-order valence-corrected chi connectivity index (χ3v) is 3.63. The second-order valence-electron chi connectivity index (χ2n) is 4.87. The summed E-state index contributed by atoms with van der Waals surface area (Å²) in [7, 11) is 0. The predicted molar refractivity (Wildman–Crippen MR) is 69.5 cm³/mol. The van der Waals surface area contributed by atoms with Crippen LogP contribution in [0.1, 0.15) is 65.7 Å². The van der Waals surface area contributed by atoms with Crippen molar-refractivity contribution in [2.75, 3.05) is 0 Å². The van der Waals surface area contributed by atoms with Crippen molar-refractivity contribution in [3.05, 3.63) is 22.8 Å². The lowest BCUT2D eigenvalue weighted by Gasteiger charge is -2.09. The molecule has 1 aliphatic carbocycles. The number of hydrogen-bond acceptors (Lipinski definition) is 1. The zero-order valence-electron chi connectivity index (χ0n) is 10.9. The Morgan fingerprint density at radius 2 is 1.50 bits per heavy atom. The van der Waals surface area contributed by atoms with Crippen LogP contribution in [-0.2, 0) is 4.79 Å². The standard InChI is InChI=1S/C15H24O/c1-12-10-8-6-4-5-7-9-11-15(16)14(3)13(12)2/h10H,4-9,11H2,1-3H3/b12-10-,14-13+. The summed E-state index contributed by atoms with van der Waals surface area (Å²) in [5, 5.41) is 0. The molecule has 0 aromatic heterocycles. The Bertz CT molecular complexity index is 307. The molecule has 0 bridgehead atoms. The van der Waals surface area contributed by atoms with Gasteiger partial charge in [-0.25, -0.2) is 0 Å². The summed E-state index contributed by atoms with van der Waals surface area (Å²) in [6, 6.07) is 0. The van der Waals surface area contributed by atoms with Crippen molar-refractivity contribution in [3.63, 3.8) is 0 Å². The molecule has 0 unspecified atom stereocenters. The van der Waals surface area contributed by atoms with Crippen LogP contribution in [0.2, 0.25) is 0 Å². The van der Waals surface area contributed by atoms with E-state index in [0.29, 0.717) is 5.78 Å². The number of carbonyl (C=O) groups is 1. The van der Waals surface area contributed by atoms with Gasteiger partial charge in [0.05, 0.1) is 0 Å². The molecule has 0 heterocycles. The summed E-state index contributed by atoms with van der Waals surface area (Å²) >= 11 is 0. The van der Waals surface area contributed by atoms with Gasteiger partial charge in [0.1, 0.15) is 0 Å². The minimum atomic E-state index is 0.339. The average Bonchev–Trinajstić information content (AvgIpc) is 2.28. The van der Waals surface area contributed by atoms with Crippen molar-refractivity contribution in [1.82, 2.24) is 0 Å². The fraction of sp³-hybridized carbons (Fsp3) is 0.667. The van der Waals surface area contributed by atoms with E-state index in [1.165, 1.54) is 36.8 Å². The first kappa shape index (κ1) is 13.2. The summed E-state index contributed by atoms with van der Waals surface area (Å²) < 4.78 is 0. The summed E-state index contributed by atoms with van der Waals surface area (Å²) in [4.78, 5) is 11.9. The first-order chi connectivity index (χ1) is 7.63. The monoisotopic (exact) mass is 220 g/mol. The molecule has 1 aliphatic rings. The van der Waals surface area contributed by atoms with Crippen LogP contribution in [0.3, 0.4) is 0 Å². The highest BCUT2D eigenvalue weighted by molar-refractivity contribution is 5.96. The lowest BCUT2D eigenvalue weighted by Crippen LogP contribution is -2.03. The zero-order valence-corrected chi connectivity index (χ0v) is 10.9. The fourth-order valence-corrected chi connectivity index (χ4v) is 2.12.